The number of nitrogens with one attached hydrogen (secondary N) is 1. The Kier molecular flexibility index (Phi) is 5.06. The zero-order valence-electron chi connectivity index (χ0n) is 16.2. The summed E-state index contributed by atoms with van der Waals surface area (Å²) in [6.07, 6.45) is 2.03. The summed E-state index contributed by atoms with van der Waals surface area (Å²) < 4.78 is 10.7. The molecule has 0 saturated carbocycles. The van der Waals surface area contributed by atoms with Crippen LogP contribution in [0.25, 0.3) is 10.9 Å². The number of benzene rings is 2. The van der Waals surface area contributed by atoms with Gasteiger partial charge >= 0.3 is 0 Å². The fraction of sp³-hybridized carbons (Fsp3) is 0.333. The molecule has 7 nitrogen and oxygen atoms in total. The maximum Gasteiger partial charge on any atom is 0.225 e. The molecule has 0 amide bonds. The lowest BCUT2D eigenvalue weighted by atomic mass is 10.0. The fourth-order valence-electron chi connectivity index (χ4n) is 3.65. The van der Waals surface area contributed by atoms with E-state index in [1.807, 2.05) is 18.2 Å². The van der Waals surface area contributed by atoms with Gasteiger partial charge in [0.15, 0.2) is 11.5 Å². The van der Waals surface area contributed by atoms with Gasteiger partial charge in [-0.3, -0.25) is 0 Å². The smallest absolute Gasteiger partial charge is 0.225 e. The lowest BCUT2D eigenvalue weighted by Crippen LogP contribution is -2.39. The SMILES string of the molecule is COc1cc2nc(NC3CCN(c4ccccc4)CC3)nc(N)c2cc1OC. The molecule has 1 fully saturated rings. The number of hydrogen-bond acceptors (Lipinski definition) is 7. The molecule has 1 saturated heterocycles. The van der Waals surface area contributed by atoms with Crippen LogP contribution in [0.4, 0.5) is 17.5 Å². The normalized spacial score (nSPS) is 14.9. The van der Waals surface area contributed by atoms with Gasteiger partial charge in [-0.05, 0) is 31.0 Å². The van der Waals surface area contributed by atoms with E-state index in [1.165, 1.54) is 5.69 Å². The van der Waals surface area contributed by atoms with Gasteiger partial charge < -0.3 is 25.4 Å². The number of hydrogen-bond donors (Lipinski definition) is 2. The molecule has 7 heteroatoms. The molecule has 146 valence electrons. The highest BCUT2D eigenvalue weighted by Gasteiger charge is 2.20. The largest absolute Gasteiger partial charge is 0.493 e. The summed E-state index contributed by atoms with van der Waals surface area (Å²) in [7, 11) is 3.20. The summed E-state index contributed by atoms with van der Waals surface area (Å²) in [5, 5.41) is 4.20. The first-order valence-corrected chi connectivity index (χ1v) is 9.43. The van der Waals surface area contributed by atoms with Crippen LogP contribution in [0, 0.1) is 0 Å². The summed E-state index contributed by atoms with van der Waals surface area (Å²) >= 11 is 0. The van der Waals surface area contributed by atoms with Gasteiger partial charge in [-0.2, -0.15) is 4.98 Å². The Morgan fingerprint density at radius 2 is 1.68 bits per heavy atom. The molecule has 0 radical (unpaired) electrons. The van der Waals surface area contributed by atoms with E-state index in [0.29, 0.717) is 29.3 Å². The second-order valence-corrected chi connectivity index (χ2v) is 6.90. The minimum absolute atomic E-state index is 0.317. The van der Waals surface area contributed by atoms with Crippen molar-refractivity contribution in [1.82, 2.24) is 9.97 Å². The van der Waals surface area contributed by atoms with Crippen molar-refractivity contribution in [2.45, 2.75) is 18.9 Å². The molecule has 4 rings (SSSR count). The van der Waals surface area contributed by atoms with Gasteiger partial charge in [-0.15, -0.1) is 0 Å². The molecule has 0 bridgehead atoms. The number of ether oxygens (including phenoxy) is 2. The van der Waals surface area contributed by atoms with E-state index in [1.54, 1.807) is 14.2 Å². The zero-order chi connectivity index (χ0) is 19.5. The Bertz CT molecular complexity index is 956. The molecule has 3 aromatic rings. The predicted molar refractivity (Wildman–Crippen MR) is 112 cm³/mol. The topological polar surface area (TPSA) is 85.5 Å². The third-order valence-electron chi connectivity index (χ3n) is 5.18. The van der Waals surface area contributed by atoms with E-state index < -0.39 is 0 Å². The third-order valence-corrected chi connectivity index (χ3v) is 5.18. The van der Waals surface area contributed by atoms with Crippen LogP contribution in [0.1, 0.15) is 12.8 Å². The van der Waals surface area contributed by atoms with Gasteiger partial charge in [-0.25, -0.2) is 4.98 Å². The van der Waals surface area contributed by atoms with Crippen LogP contribution in [0.5, 0.6) is 11.5 Å². The Labute approximate surface area is 164 Å². The van der Waals surface area contributed by atoms with Crippen molar-refractivity contribution >= 4 is 28.4 Å². The van der Waals surface area contributed by atoms with E-state index in [-0.39, 0.29) is 0 Å². The summed E-state index contributed by atoms with van der Waals surface area (Å²) in [6.45, 7) is 1.99. The average Bonchev–Trinajstić information content (AvgIpc) is 2.74. The summed E-state index contributed by atoms with van der Waals surface area (Å²) in [5.41, 5.74) is 8.18. The monoisotopic (exact) mass is 379 g/mol. The maximum atomic E-state index is 6.18. The van der Waals surface area contributed by atoms with E-state index in [0.717, 1.165) is 36.8 Å². The Morgan fingerprint density at radius 1 is 1.00 bits per heavy atom. The van der Waals surface area contributed by atoms with Gasteiger partial charge in [0.2, 0.25) is 5.95 Å². The number of piperidine rings is 1. The van der Waals surface area contributed by atoms with Gasteiger partial charge in [0.05, 0.1) is 19.7 Å². The Morgan fingerprint density at radius 3 is 2.36 bits per heavy atom. The van der Waals surface area contributed by atoms with Crippen molar-refractivity contribution in [3.8, 4) is 11.5 Å². The lowest BCUT2D eigenvalue weighted by Gasteiger charge is -2.34. The number of rotatable bonds is 5. The minimum Gasteiger partial charge on any atom is -0.493 e. The molecule has 3 N–H and O–H groups in total. The zero-order valence-corrected chi connectivity index (χ0v) is 16.2. The van der Waals surface area contributed by atoms with Crippen molar-refractivity contribution in [2.24, 2.45) is 0 Å². The summed E-state index contributed by atoms with van der Waals surface area (Å²) in [5.74, 6) is 2.21. The molecule has 28 heavy (non-hydrogen) atoms. The highest BCUT2D eigenvalue weighted by Crippen LogP contribution is 2.34. The van der Waals surface area contributed by atoms with Gasteiger partial charge in [-0.1, -0.05) is 18.2 Å². The first kappa shape index (κ1) is 18.2. The molecule has 2 heterocycles. The minimum atomic E-state index is 0.317. The second-order valence-electron chi connectivity index (χ2n) is 6.90. The number of anilines is 3. The van der Waals surface area contributed by atoms with Crippen LogP contribution in [0.3, 0.4) is 0 Å². The quantitative estimate of drug-likeness (QED) is 0.703. The Hall–Kier alpha value is -3.22. The maximum absolute atomic E-state index is 6.18. The third kappa shape index (κ3) is 3.60. The number of nitrogen functional groups attached to an aromatic ring is 1. The first-order valence-electron chi connectivity index (χ1n) is 9.43. The van der Waals surface area contributed by atoms with Crippen molar-refractivity contribution in [2.75, 3.05) is 43.3 Å². The van der Waals surface area contributed by atoms with Crippen LogP contribution < -0.4 is 25.4 Å². The molecule has 1 aliphatic heterocycles. The fourth-order valence-corrected chi connectivity index (χ4v) is 3.65. The number of aromatic nitrogens is 2. The standard InChI is InChI=1S/C21H25N5O2/c1-27-18-12-16-17(13-19(18)28-2)24-21(25-20(16)22)23-14-8-10-26(11-9-14)15-6-4-3-5-7-15/h3-7,12-14H,8-11H2,1-2H3,(H3,22,23,24,25). The molecular formula is C21H25N5O2. The highest BCUT2D eigenvalue weighted by molar-refractivity contribution is 5.91. The van der Waals surface area contributed by atoms with E-state index in [4.69, 9.17) is 15.2 Å². The number of fused-ring (bicyclic) bond motifs is 1. The van der Waals surface area contributed by atoms with Crippen LogP contribution in [-0.2, 0) is 0 Å². The van der Waals surface area contributed by atoms with Crippen molar-refractivity contribution < 1.29 is 9.47 Å². The molecule has 0 unspecified atom stereocenters. The lowest BCUT2D eigenvalue weighted by molar-refractivity contribution is 0.356. The van der Waals surface area contributed by atoms with E-state index >= 15 is 0 Å². The van der Waals surface area contributed by atoms with E-state index in [2.05, 4.69) is 44.5 Å². The average molecular weight is 379 g/mol. The van der Waals surface area contributed by atoms with Crippen LogP contribution in [0.2, 0.25) is 0 Å². The molecule has 0 spiro atoms. The molecule has 0 aliphatic carbocycles. The van der Waals surface area contributed by atoms with Crippen LogP contribution in [-0.4, -0.2) is 43.3 Å². The number of methoxy groups -OCH3 is 2. The van der Waals surface area contributed by atoms with Gasteiger partial charge in [0.25, 0.3) is 0 Å². The molecule has 0 atom stereocenters. The van der Waals surface area contributed by atoms with Crippen molar-refractivity contribution in [3.05, 3.63) is 42.5 Å². The summed E-state index contributed by atoms with van der Waals surface area (Å²) in [6, 6.07) is 14.5. The highest BCUT2D eigenvalue weighted by atomic mass is 16.5. The summed E-state index contributed by atoms with van der Waals surface area (Å²) in [4.78, 5) is 11.5. The van der Waals surface area contributed by atoms with Crippen LogP contribution >= 0.6 is 0 Å². The number of nitrogens with two attached hydrogens (primary N) is 1. The first-order chi connectivity index (χ1) is 13.7. The predicted octanol–water partition coefficient (Wildman–Crippen LogP) is 3.31. The van der Waals surface area contributed by atoms with E-state index in [9.17, 15) is 0 Å². The molecule has 2 aromatic carbocycles. The molecule has 1 aromatic heterocycles. The molecule has 1 aliphatic rings. The van der Waals surface area contributed by atoms with Crippen molar-refractivity contribution in [3.63, 3.8) is 0 Å². The van der Waals surface area contributed by atoms with Gasteiger partial charge in [0.1, 0.15) is 5.82 Å². The second kappa shape index (κ2) is 7.80. The Balaban J connectivity index is 1.49. The number of para-hydroxylation sites is 1. The van der Waals surface area contributed by atoms with Gasteiger partial charge in [0, 0.05) is 36.3 Å². The number of nitrogens with zero attached hydrogens (tertiary/aromatic N) is 3. The van der Waals surface area contributed by atoms with Crippen molar-refractivity contribution in [1.29, 1.82) is 0 Å². The van der Waals surface area contributed by atoms with Crippen LogP contribution in [0.15, 0.2) is 42.5 Å². The molecular weight excluding hydrogens is 354 g/mol.